The summed E-state index contributed by atoms with van der Waals surface area (Å²) in [5.41, 5.74) is 12.2. The van der Waals surface area contributed by atoms with Gasteiger partial charge in [-0.25, -0.2) is 4.98 Å². The van der Waals surface area contributed by atoms with Crippen LogP contribution in [0.3, 0.4) is 0 Å². The van der Waals surface area contributed by atoms with Gasteiger partial charge in [0.15, 0.2) is 0 Å². The fourth-order valence-corrected chi connectivity index (χ4v) is 3.59. The molecule has 1 heterocycles. The molecule has 0 saturated carbocycles. The Morgan fingerprint density at radius 1 is 1.42 bits per heavy atom. The van der Waals surface area contributed by atoms with Gasteiger partial charge >= 0.3 is 0 Å². The maximum absolute atomic E-state index is 11.7. The van der Waals surface area contributed by atoms with Crippen LogP contribution in [0.15, 0.2) is 40.1 Å². The van der Waals surface area contributed by atoms with Gasteiger partial charge in [0, 0.05) is 16.8 Å². The molecule has 1 amide bonds. The molecule has 1 unspecified atom stereocenters. The number of thioether (sulfide) groups is 1. The van der Waals surface area contributed by atoms with Crippen LogP contribution < -0.4 is 11.5 Å². The number of nitrogens with two attached hydrogens (primary N) is 2. The normalized spacial score (nSPS) is 14.0. The molecule has 0 radical (unpaired) electrons. The topological polar surface area (TPSA) is 82.0 Å². The number of benzene rings is 1. The molecule has 1 aromatic carbocycles. The molecule has 0 spiro atoms. The zero-order chi connectivity index (χ0) is 13.9. The smallest absolute Gasteiger partial charge is 0.243 e. The second-order valence-electron chi connectivity index (χ2n) is 4.25. The third-order valence-electron chi connectivity index (χ3n) is 2.75. The van der Waals surface area contributed by atoms with E-state index in [1.807, 2.05) is 42.6 Å². The van der Waals surface area contributed by atoms with Gasteiger partial charge in [-0.3, -0.25) is 4.79 Å². The van der Waals surface area contributed by atoms with E-state index >= 15 is 0 Å². The fraction of sp³-hybridized carbons (Fsp3) is 0.231. The standard InChI is InChI=1S/C13H15N3OS2/c1-9-7-18-12(16-9)19-8-13(15,11(14)17)10-5-3-2-4-6-10/h2-7H,8,15H2,1H3,(H2,14,17). The van der Waals surface area contributed by atoms with Gasteiger partial charge in [0.1, 0.15) is 9.88 Å². The molecule has 0 aliphatic heterocycles. The van der Waals surface area contributed by atoms with Crippen molar-refractivity contribution in [3.8, 4) is 0 Å². The minimum Gasteiger partial charge on any atom is -0.368 e. The Morgan fingerprint density at radius 2 is 2.11 bits per heavy atom. The molecule has 19 heavy (non-hydrogen) atoms. The van der Waals surface area contributed by atoms with E-state index in [0.717, 1.165) is 15.6 Å². The van der Waals surface area contributed by atoms with Crippen LogP contribution in [-0.4, -0.2) is 16.6 Å². The summed E-state index contributed by atoms with van der Waals surface area (Å²) in [4.78, 5) is 16.1. The number of thiazole rings is 1. The van der Waals surface area contributed by atoms with Crippen molar-refractivity contribution in [3.63, 3.8) is 0 Å². The Labute approximate surface area is 120 Å². The first kappa shape index (κ1) is 14.0. The van der Waals surface area contributed by atoms with Crippen molar-refractivity contribution in [3.05, 3.63) is 47.0 Å². The molecule has 100 valence electrons. The largest absolute Gasteiger partial charge is 0.368 e. The lowest BCUT2D eigenvalue weighted by molar-refractivity contribution is -0.122. The number of primary amides is 1. The molecule has 4 nitrogen and oxygen atoms in total. The second kappa shape index (κ2) is 5.73. The highest BCUT2D eigenvalue weighted by atomic mass is 32.2. The number of carbonyl (C=O) groups is 1. The van der Waals surface area contributed by atoms with Crippen LogP contribution in [-0.2, 0) is 10.3 Å². The molecule has 4 N–H and O–H groups in total. The highest BCUT2D eigenvalue weighted by Gasteiger charge is 2.34. The van der Waals surface area contributed by atoms with Crippen molar-refractivity contribution in [1.82, 2.24) is 4.98 Å². The number of hydrogen-bond acceptors (Lipinski definition) is 5. The van der Waals surface area contributed by atoms with E-state index in [2.05, 4.69) is 4.98 Å². The minimum atomic E-state index is -1.18. The molecular weight excluding hydrogens is 278 g/mol. The Morgan fingerprint density at radius 3 is 2.63 bits per heavy atom. The molecule has 0 saturated heterocycles. The number of hydrogen-bond donors (Lipinski definition) is 2. The van der Waals surface area contributed by atoms with Gasteiger partial charge in [0.25, 0.3) is 0 Å². The van der Waals surface area contributed by atoms with E-state index in [9.17, 15) is 4.79 Å². The maximum atomic E-state index is 11.7. The zero-order valence-corrected chi connectivity index (χ0v) is 12.1. The van der Waals surface area contributed by atoms with Crippen LogP contribution in [0.5, 0.6) is 0 Å². The van der Waals surface area contributed by atoms with Crippen LogP contribution >= 0.6 is 23.1 Å². The highest BCUT2D eigenvalue weighted by molar-refractivity contribution is 8.01. The minimum absolute atomic E-state index is 0.374. The van der Waals surface area contributed by atoms with Crippen molar-refractivity contribution >= 4 is 29.0 Å². The number of aromatic nitrogens is 1. The number of rotatable bonds is 5. The summed E-state index contributed by atoms with van der Waals surface area (Å²) in [5, 5.41) is 1.97. The summed E-state index contributed by atoms with van der Waals surface area (Å²) in [6, 6.07) is 9.20. The predicted molar refractivity (Wildman–Crippen MR) is 79.1 cm³/mol. The maximum Gasteiger partial charge on any atom is 0.243 e. The predicted octanol–water partition coefficient (Wildman–Crippen LogP) is 1.88. The molecule has 6 heteroatoms. The first-order chi connectivity index (χ1) is 9.02. The summed E-state index contributed by atoms with van der Waals surface area (Å²) >= 11 is 2.99. The highest BCUT2D eigenvalue weighted by Crippen LogP contribution is 2.29. The van der Waals surface area contributed by atoms with Crippen LogP contribution in [0.25, 0.3) is 0 Å². The van der Waals surface area contributed by atoms with E-state index in [-0.39, 0.29) is 0 Å². The zero-order valence-electron chi connectivity index (χ0n) is 10.5. The summed E-state index contributed by atoms with van der Waals surface area (Å²) < 4.78 is 0.893. The summed E-state index contributed by atoms with van der Waals surface area (Å²) in [7, 11) is 0. The Hall–Kier alpha value is -1.37. The van der Waals surface area contributed by atoms with Crippen LogP contribution in [0.2, 0.25) is 0 Å². The molecule has 0 fully saturated rings. The Bertz CT molecular complexity index is 570. The third kappa shape index (κ3) is 3.15. The Balaban J connectivity index is 2.19. The van der Waals surface area contributed by atoms with Crippen molar-refractivity contribution in [2.75, 3.05) is 5.75 Å². The van der Waals surface area contributed by atoms with Gasteiger partial charge in [-0.1, -0.05) is 42.1 Å². The molecule has 1 aromatic heterocycles. The summed E-state index contributed by atoms with van der Waals surface area (Å²) in [5.74, 6) is -0.154. The summed E-state index contributed by atoms with van der Waals surface area (Å²) in [6.45, 7) is 1.93. The molecule has 0 bridgehead atoms. The van der Waals surface area contributed by atoms with Gasteiger partial charge in [0.2, 0.25) is 5.91 Å². The van der Waals surface area contributed by atoms with Crippen molar-refractivity contribution in [1.29, 1.82) is 0 Å². The van der Waals surface area contributed by atoms with E-state index in [1.165, 1.54) is 11.8 Å². The van der Waals surface area contributed by atoms with Crippen LogP contribution in [0.4, 0.5) is 0 Å². The van der Waals surface area contributed by atoms with Gasteiger partial charge < -0.3 is 11.5 Å². The van der Waals surface area contributed by atoms with Crippen molar-refractivity contribution < 1.29 is 4.79 Å². The van der Waals surface area contributed by atoms with Gasteiger partial charge in [-0.2, -0.15) is 0 Å². The first-order valence-electron chi connectivity index (χ1n) is 5.71. The number of aryl methyl sites for hydroxylation is 1. The molecule has 1 atom stereocenters. The van der Waals surface area contributed by atoms with Gasteiger partial charge in [-0.05, 0) is 12.5 Å². The van der Waals surface area contributed by atoms with E-state index in [4.69, 9.17) is 11.5 Å². The molecule has 2 aromatic rings. The van der Waals surface area contributed by atoms with E-state index < -0.39 is 11.4 Å². The molecule has 0 aliphatic rings. The van der Waals surface area contributed by atoms with Gasteiger partial charge in [-0.15, -0.1) is 11.3 Å². The Kier molecular flexibility index (Phi) is 4.24. The lowest BCUT2D eigenvalue weighted by Crippen LogP contribution is -2.51. The lowest BCUT2D eigenvalue weighted by Gasteiger charge is -2.25. The molecule has 0 aliphatic carbocycles. The second-order valence-corrected chi connectivity index (χ2v) is 6.33. The molecular formula is C13H15N3OS2. The SMILES string of the molecule is Cc1csc(SCC(N)(C(N)=O)c2ccccc2)n1. The number of amides is 1. The molecule has 2 rings (SSSR count). The fourth-order valence-electron chi connectivity index (χ4n) is 1.61. The van der Waals surface area contributed by atoms with E-state index in [0.29, 0.717) is 5.75 Å². The monoisotopic (exact) mass is 293 g/mol. The van der Waals surface area contributed by atoms with Crippen LogP contribution in [0, 0.1) is 6.92 Å². The average molecular weight is 293 g/mol. The first-order valence-corrected chi connectivity index (χ1v) is 7.58. The van der Waals surface area contributed by atoms with Crippen molar-refractivity contribution in [2.45, 2.75) is 16.8 Å². The van der Waals surface area contributed by atoms with Gasteiger partial charge in [0.05, 0.1) is 0 Å². The number of nitrogens with zero attached hydrogens (tertiary/aromatic N) is 1. The van der Waals surface area contributed by atoms with E-state index in [1.54, 1.807) is 11.3 Å². The quantitative estimate of drug-likeness (QED) is 0.825. The lowest BCUT2D eigenvalue weighted by atomic mass is 9.92. The number of carbonyl (C=O) groups excluding carboxylic acids is 1. The van der Waals surface area contributed by atoms with Crippen LogP contribution in [0.1, 0.15) is 11.3 Å². The third-order valence-corrected chi connectivity index (χ3v) is 5.08. The average Bonchev–Trinajstić information content (AvgIpc) is 2.82. The summed E-state index contributed by atoms with van der Waals surface area (Å²) in [6.07, 6.45) is 0. The van der Waals surface area contributed by atoms with Crippen molar-refractivity contribution in [2.24, 2.45) is 11.5 Å².